The number of aryl methyl sites for hydroxylation is 1. The fourth-order valence-electron chi connectivity index (χ4n) is 3.99. The maximum atomic E-state index is 12.5. The minimum atomic E-state index is -0.229. The van der Waals surface area contributed by atoms with Gasteiger partial charge in [0.2, 0.25) is 11.8 Å². The van der Waals surface area contributed by atoms with Gasteiger partial charge in [-0.05, 0) is 49.9 Å². The molecule has 5 nitrogen and oxygen atoms in total. The quantitative estimate of drug-likeness (QED) is 0.614. The summed E-state index contributed by atoms with van der Waals surface area (Å²) in [7, 11) is 0. The van der Waals surface area contributed by atoms with Crippen molar-refractivity contribution in [3.63, 3.8) is 0 Å². The molecule has 2 aromatic carbocycles. The van der Waals surface area contributed by atoms with Crippen molar-refractivity contribution in [2.24, 2.45) is 5.92 Å². The van der Waals surface area contributed by atoms with Crippen molar-refractivity contribution in [1.29, 1.82) is 0 Å². The molecule has 1 aliphatic rings. The molecule has 1 N–H and O–H groups in total. The second kappa shape index (κ2) is 10.8. The average Bonchev–Trinajstić information content (AvgIpc) is 3.13. The van der Waals surface area contributed by atoms with Gasteiger partial charge in [-0.25, -0.2) is 0 Å². The van der Waals surface area contributed by atoms with Crippen LogP contribution >= 0.6 is 0 Å². The number of hydrogen-bond donors (Lipinski definition) is 1. The second-order valence-corrected chi connectivity index (χ2v) is 8.04. The predicted octanol–water partition coefficient (Wildman–Crippen LogP) is 3.42. The normalized spacial score (nSPS) is 16.0. The fraction of sp³-hybridized carbons (Fsp3) is 0.440. The third-order valence-electron chi connectivity index (χ3n) is 5.75. The van der Waals surface area contributed by atoms with E-state index in [4.69, 9.17) is 0 Å². The van der Waals surface area contributed by atoms with Gasteiger partial charge in [0, 0.05) is 44.8 Å². The van der Waals surface area contributed by atoms with Crippen LogP contribution in [0.5, 0.6) is 0 Å². The molecular weight excluding hydrogens is 374 g/mol. The van der Waals surface area contributed by atoms with Crippen LogP contribution in [0.2, 0.25) is 0 Å². The van der Waals surface area contributed by atoms with Crippen molar-refractivity contribution < 1.29 is 9.59 Å². The molecule has 30 heavy (non-hydrogen) atoms. The van der Waals surface area contributed by atoms with Gasteiger partial charge in [0.25, 0.3) is 0 Å². The second-order valence-electron chi connectivity index (χ2n) is 8.04. The summed E-state index contributed by atoms with van der Waals surface area (Å²) in [6.45, 7) is 7.92. The molecule has 0 bridgehead atoms. The fourth-order valence-corrected chi connectivity index (χ4v) is 3.99. The maximum absolute atomic E-state index is 12.5. The van der Waals surface area contributed by atoms with Gasteiger partial charge in [-0.1, -0.05) is 42.5 Å². The van der Waals surface area contributed by atoms with Crippen LogP contribution in [0.25, 0.3) is 0 Å². The molecule has 5 heteroatoms. The van der Waals surface area contributed by atoms with Crippen LogP contribution < -0.4 is 10.2 Å². The van der Waals surface area contributed by atoms with Crippen molar-refractivity contribution in [1.82, 2.24) is 10.2 Å². The first-order chi connectivity index (χ1) is 14.6. The van der Waals surface area contributed by atoms with Gasteiger partial charge in [0.15, 0.2) is 0 Å². The Morgan fingerprint density at radius 1 is 1.17 bits per heavy atom. The van der Waals surface area contributed by atoms with E-state index in [0.29, 0.717) is 26.1 Å². The lowest BCUT2D eigenvalue weighted by atomic mass is 10.1. The van der Waals surface area contributed by atoms with Gasteiger partial charge in [0.05, 0.1) is 5.92 Å². The smallest absolute Gasteiger partial charge is 0.225 e. The highest BCUT2D eigenvalue weighted by molar-refractivity contribution is 5.89. The maximum Gasteiger partial charge on any atom is 0.225 e. The highest BCUT2D eigenvalue weighted by atomic mass is 16.2. The number of carbonyl (C=O) groups excluding carboxylic acids is 2. The first-order valence-corrected chi connectivity index (χ1v) is 11.0. The Bertz CT molecular complexity index is 837. The number of amides is 2. The number of anilines is 1. The third-order valence-corrected chi connectivity index (χ3v) is 5.75. The molecule has 2 amide bonds. The van der Waals surface area contributed by atoms with E-state index in [-0.39, 0.29) is 17.7 Å². The van der Waals surface area contributed by atoms with Crippen molar-refractivity contribution in [2.45, 2.75) is 33.1 Å². The minimum Gasteiger partial charge on any atom is -0.372 e. The number of nitrogens with one attached hydrogen (secondary N) is 1. The lowest BCUT2D eigenvalue weighted by Crippen LogP contribution is -2.35. The Morgan fingerprint density at radius 2 is 1.97 bits per heavy atom. The average molecular weight is 408 g/mol. The largest absolute Gasteiger partial charge is 0.372 e. The molecule has 1 saturated heterocycles. The van der Waals surface area contributed by atoms with Crippen LogP contribution in [0.15, 0.2) is 54.6 Å². The Kier molecular flexibility index (Phi) is 7.89. The zero-order valence-electron chi connectivity index (χ0n) is 18.1. The molecule has 0 aliphatic carbocycles. The number of carbonyl (C=O) groups is 2. The highest BCUT2D eigenvalue weighted by Gasteiger charge is 2.33. The number of hydrogen-bond acceptors (Lipinski definition) is 3. The molecule has 0 saturated carbocycles. The Labute approximate surface area is 180 Å². The molecule has 0 unspecified atom stereocenters. The lowest BCUT2D eigenvalue weighted by Gasteiger charge is -2.23. The highest BCUT2D eigenvalue weighted by Crippen LogP contribution is 2.19. The van der Waals surface area contributed by atoms with Crippen LogP contribution in [-0.4, -0.2) is 49.4 Å². The van der Waals surface area contributed by atoms with Gasteiger partial charge >= 0.3 is 0 Å². The zero-order valence-corrected chi connectivity index (χ0v) is 18.1. The summed E-state index contributed by atoms with van der Waals surface area (Å²) < 4.78 is 0. The summed E-state index contributed by atoms with van der Waals surface area (Å²) in [6.07, 6.45) is 2.03. The van der Waals surface area contributed by atoms with Gasteiger partial charge in [0.1, 0.15) is 0 Å². The third kappa shape index (κ3) is 6.09. The lowest BCUT2D eigenvalue weighted by molar-refractivity contribution is -0.129. The van der Waals surface area contributed by atoms with E-state index >= 15 is 0 Å². The molecule has 1 fully saturated rings. The Hall–Kier alpha value is -2.82. The van der Waals surface area contributed by atoms with Crippen molar-refractivity contribution >= 4 is 17.5 Å². The van der Waals surface area contributed by atoms with Gasteiger partial charge in [-0.3, -0.25) is 9.59 Å². The van der Waals surface area contributed by atoms with E-state index in [1.165, 1.54) is 16.8 Å². The molecule has 1 heterocycles. The number of nitrogens with zero attached hydrogens (tertiary/aromatic N) is 2. The van der Waals surface area contributed by atoms with E-state index in [1.807, 2.05) is 23.1 Å². The number of benzene rings is 2. The van der Waals surface area contributed by atoms with E-state index in [0.717, 1.165) is 25.9 Å². The molecule has 3 rings (SSSR count). The van der Waals surface area contributed by atoms with Gasteiger partial charge < -0.3 is 15.1 Å². The summed E-state index contributed by atoms with van der Waals surface area (Å²) in [5, 5.41) is 3.04. The van der Waals surface area contributed by atoms with Crippen LogP contribution in [0.3, 0.4) is 0 Å². The van der Waals surface area contributed by atoms with Crippen molar-refractivity contribution in [3.05, 3.63) is 65.7 Å². The summed E-state index contributed by atoms with van der Waals surface area (Å²) >= 11 is 0. The Morgan fingerprint density at radius 3 is 2.70 bits per heavy atom. The number of rotatable bonds is 10. The molecular formula is C25H33N3O2. The topological polar surface area (TPSA) is 52.7 Å². The van der Waals surface area contributed by atoms with Crippen LogP contribution in [0, 0.1) is 12.8 Å². The molecule has 0 radical (unpaired) electrons. The van der Waals surface area contributed by atoms with Crippen molar-refractivity contribution in [2.75, 3.05) is 37.6 Å². The zero-order chi connectivity index (χ0) is 21.3. The molecule has 1 aliphatic heterocycles. The monoisotopic (exact) mass is 407 g/mol. The van der Waals surface area contributed by atoms with E-state index in [9.17, 15) is 9.59 Å². The SMILES string of the molecule is CCN(CCCNC(=O)[C@@H]1CC(=O)N(CCc2ccccc2)C1)c1cccc(C)c1. The van der Waals surface area contributed by atoms with Gasteiger partial charge in [-0.15, -0.1) is 0 Å². The molecule has 1 atom stereocenters. The summed E-state index contributed by atoms with van der Waals surface area (Å²) in [5.74, 6) is -0.140. The van der Waals surface area contributed by atoms with E-state index in [1.54, 1.807) is 0 Å². The first kappa shape index (κ1) is 21.9. The minimum absolute atomic E-state index is 0.00386. The number of likely N-dealkylation sites (tertiary alicyclic amines) is 1. The Balaban J connectivity index is 1.39. The molecule has 160 valence electrons. The predicted molar refractivity (Wildman–Crippen MR) is 122 cm³/mol. The van der Waals surface area contributed by atoms with Gasteiger partial charge in [-0.2, -0.15) is 0 Å². The van der Waals surface area contributed by atoms with Crippen LogP contribution in [-0.2, 0) is 16.0 Å². The molecule has 2 aromatic rings. The standard InChI is InChI=1S/C25H33N3O2/c1-3-27(23-12-7-9-20(2)17-23)15-8-14-26-25(30)22-18-24(29)28(19-22)16-13-21-10-5-4-6-11-21/h4-7,9-12,17,22H,3,8,13-16,18-19H2,1-2H3,(H,26,30)/t22-/m1/s1. The molecule has 0 spiro atoms. The summed E-state index contributed by atoms with van der Waals surface area (Å²) in [6, 6.07) is 18.7. The van der Waals surface area contributed by atoms with Crippen LogP contribution in [0.4, 0.5) is 5.69 Å². The van der Waals surface area contributed by atoms with Crippen LogP contribution in [0.1, 0.15) is 30.9 Å². The van der Waals surface area contributed by atoms with E-state index in [2.05, 4.69) is 60.5 Å². The summed E-state index contributed by atoms with van der Waals surface area (Å²) in [5.41, 5.74) is 3.69. The first-order valence-electron chi connectivity index (χ1n) is 11.0. The van der Waals surface area contributed by atoms with E-state index < -0.39 is 0 Å². The van der Waals surface area contributed by atoms with Crippen molar-refractivity contribution in [3.8, 4) is 0 Å². The summed E-state index contributed by atoms with van der Waals surface area (Å²) in [4.78, 5) is 29.0. The molecule has 0 aromatic heterocycles.